The van der Waals surface area contributed by atoms with Gasteiger partial charge in [-0.1, -0.05) is 13.0 Å². The van der Waals surface area contributed by atoms with Crippen molar-refractivity contribution in [3.8, 4) is 5.75 Å². The van der Waals surface area contributed by atoms with E-state index in [1.165, 1.54) is 0 Å². The second kappa shape index (κ2) is 7.46. The summed E-state index contributed by atoms with van der Waals surface area (Å²) in [6.07, 6.45) is 0.568. The van der Waals surface area contributed by atoms with Crippen LogP contribution in [0.25, 0.3) is 0 Å². The topological polar surface area (TPSA) is 70.1 Å². The summed E-state index contributed by atoms with van der Waals surface area (Å²) in [5.41, 5.74) is 1.59. The third-order valence-electron chi connectivity index (χ3n) is 4.37. The van der Waals surface area contributed by atoms with Crippen LogP contribution in [-0.4, -0.2) is 66.1 Å². The van der Waals surface area contributed by atoms with E-state index in [4.69, 9.17) is 4.74 Å². The Balaban J connectivity index is 2.02. The lowest BCUT2D eigenvalue weighted by atomic mass is 10.1. The van der Waals surface area contributed by atoms with E-state index in [-0.39, 0.29) is 5.91 Å². The van der Waals surface area contributed by atoms with Gasteiger partial charge in [0.05, 0.1) is 7.11 Å². The summed E-state index contributed by atoms with van der Waals surface area (Å²) in [7, 11) is 1.59. The Morgan fingerprint density at radius 2 is 1.91 bits per heavy atom. The molecule has 2 rings (SSSR count). The summed E-state index contributed by atoms with van der Waals surface area (Å²) < 4.78 is 5.27. The number of carbonyl (C=O) groups is 2. The van der Waals surface area contributed by atoms with E-state index in [1.54, 1.807) is 24.1 Å². The van der Waals surface area contributed by atoms with Crippen LogP contribution in [0.5, 0.6) is 5.75 Å². The first-order valence-corrected chi connectivity index (χ1v) is 7.88. The van der Waals surface area contributed by atoms with Crippen LogP contribution in [0.4, 0.5) is 0 Å². The molecule has 1 unspecified atom stereocenters. The minimum atomic E-state index is -0.796. The van der Waals surface area contributed by atoms with Gasteiger partial charge in [0.25, 0.3) is 5.91 Å². The maximum Gasteiger partial charge on any atom is 0.320 e. The zero-order valence-corrected chi connectivity index (χ0v) is 13.9. The van der Waals surface area contributed by atoms with Crippen LogP contribution in [0.3, 0.4) is 0 Å². The van der Waals surface area contributed by atoms with Crippen molar-refractivity contribution >= 4 is 11.9 Å². The molecular formula is C17H24N2O4. The number of amides is 1. The fraction of sp³-hybridized carbons (Fsp3) is 0.529. The number of ether oxygens (including phenoxy) is 1. The lowest BCUT2D eigenvalue weighted by Crippen LogP contribution is -2.53. The van der Waals surface area contributed by atoms with Crippen molar-refractivity contribution in [1.82, 2.24) is 9.80 Å². The van der Waals surface area contributed by atoms with Gasteiger partial charge in [-0.2, -0.15) is 0 Å². The summed E-state index contributed by atoms with van der Waals surface area (Å²) in [5, 5.41) is 9.23. The van der Waals surface area contributed by atoms with E-state index in [2.05, 4.69) is 0 Å². The molecular weight excluding hydrogens is 296 g/mol. The van der Waals surface area contributed by atoms with Gasteiger partial charge >= 0.3 is 5.97 Å². The molecule has 1 amide bonds. The number of hydrogen-bond donors (Lipinski definition) is 1. The van der Waals surface area contributed by atoms with Gasteiger partial charge in [-0.25, -0.2) is 0 Å². The maximum absolute atomic E-state index is 12.6. The van der Waals surface area contributed by atoms with Gasteiger partial charge in [0.15, 0.2) is 0 Å². The third kappa shape index (κ3) is 3.82. The molecule has 23 heavy (non-hydrogen) atoms. The van der Waals surface area contributed by atoms with E-state index in [0.29, 0.717) is 43.9 Å². The van der Waals surface area contributed by atoms with E-state index in [9.17, 15) is 14.7 Å². The first kappa shape index (κ1) is 17.3. The highest BCUT2D eigenvalue weighted by molar-refractivity contribution is 5.94. The minimum absolute atomic E-state index is 0.0358. The molecule has 6 nitrogen and oxygen atoms in total. The molecule has 126 valence electrons. The van der Waals surface area contributed by atoms with Crippen molar-refractivity contribution in [2.75, 3.05) is 33.3 Å². The summed E-state index contributed by atoms with van der Waals surface area (Å²) in [6, 6.07) is 4.97. The summed E-state index contributed by atoms with van der Waals surface area (Å²) in [5.74, 6) is -0.131. The molecule has 0 aliphatic carbocycles. The van der Waals surface area contributed by atoms with Crippen molar-refractivity contribution in [3.05, 3.63) is 29.3 Å². The highest BCUT2D eigenvalue weighted by atomic mass is 16.5. The number of rotatable bonds is 5. The quantitative estimate of drug-likeness (QED) is 0.893. The van der Waals surface area contributed by atoms with Crippen LogP contribution in [0.2, 0.25) is 0 Å². The average Bonchev–Trinajstić information content (AvgIpc) is 2.55. The fourth-order valence-electron chi connectivity index (χ4n) is 2.96. The number of piperazine rings is 1. The molecule has 0 bridgehead atoms. The standard InChI is InChI=1S/C17H24N2O4/c1-4-14(17(21)22)18-7-9-19(10-8-18)16(20)13-6-5-12(2)15(11-13)23-3/h5-6,11,14H,4,7-10H2,1-3H3,(H,21,22). The average molecular weight is 320 g/mol. The molecule has 1 heterocycles. The number of aryl methyl sites for hydroxylation is 1. The molecule has 0 spiro atoms. The van der Waals surface area contributed by atoms with Crippen molar-refractivity contribution in [1.29, 1.82) is 0 Å². The van der Waals surface area contributed by atoms with Crippen LogP contribution < -0.4 is 4.74 Å². The van der Waals surface area contributed by atoms with Gasteiger partial charge in [-0.15, -0.1) is 0 Å². The zero-order valence-electron chi connectivity index (χ0n) is 13.9. The Bertz CT molecular complexity index is 580. The van der Waals surface area contributed by atoms with Gasteiger partial charge < -0.3 is 14.7 Å². The lowest BCUT2D eigenvalue weighted by molar-refractivity contribution is -0.144. The van der Waals surface area contributed by atoms with Gasteiger partial charge in [0.2, 0.25) is 0 Å². The summed E-state index contributed by atoms with van der Waals surface area (Å²) >= 11 is 0. The highest BCUT2D eigenvalue weighted by Crippen LogP contribution is 2.21. The van der Waals surface area contributed by atoms with E-state index in [1.807, 2.05) is 24.8 Å². The largest absolute Gasteiger partial charge is 0.496 e. The number of benzene rings is 1. The Morgan fingerprint density at radius 3 is 2.43 bits per heavy atom. The molecule has 1 N–H and O–H groups in total. The molecule has 1 fully saturated rings. The Kier molecular flexibility index (Phi) is 5.60. The van der Waals surface area contributed by atoms with E-state index >= 15 is 0 Å². The second-order valence-electron chi connectivity index (χ2n) is 5.77. The van der Waals surface area contributed by atoms with E-state index in [0.717, 1.165) is 5.56 Å². The van der Waals surface area contributed by atoms with Crippen LogP contribution in [-0.2, 0) is 4.79 Å². The van der Waals surface area contributed by atoms with Crippen LogP contribution >= 0.6 is 0 Å². The monoisotopic (exact) mass is 320 g/mol. The van der Waals surface area contributed by atoms with Gasteiger partial charge in [-0.05, 0) is 31.0 Å². The van der Waals surface area contributed by atoms with Gasteiger partial charge in [0, 0.05) is 31.7 Å². The van der Waals surface area contributed by atoms with Gasteiger partial charge in [-0.3, -0.25) is 14.5 Å². The lowest BCUT2D eigenvalue weighted by Gasteiger charge is -2.37. The van der Waals surface area contributed by atoms with E-state index < -0.39 is 12.0 Å². The molecule has 0 radical (unpaired) electrons. The number of carboxylic acid groups (broad SMARTS) is 1. The maximum atomic E-state index is 12.6. The molecule has 1 aliphatic heterocycles. The SMILES string of the molecule is CCC(C(=O)O)N1CCN(C(=O)c2ccc(C)c(OC)c2)CC1. The summed E-state index contributed by atoms with van der Waals surface area (Å²) in [4.78, 5) is 27.5. The number of hydrogen-bond acceptors (Lipinski definition) is 4. The van der Waals surface area contributed by atoms with Crippen molar-refractivity contribution in [3.63, 3.8) is 0 Å². The number of carbonyl (C=O) groups excluding carboxylic acids is 1. The second-order valence-corrected chi connectivity index (χ2v) is 5.77. The Hall–Kier alpha value is -2.08. The smallest absolute Gasteiger partial charge is 0.320 e. The molecule has 1 aromatic carbocycles. The molecule has 0 aromatic heterocycles. The van der Waals surface area contributed by atoms with Crippen molar-refractivity contribution in [2.45, 2.75) is 26.3 Å². The molecule has 6 heteroatoms. The molecule has 1 aliphatic rings. The molecule has 1 saturated heterocycles. The number of carboxylic acids is 1. The Labute approximate surface area is 136 Å². The van der Waals surface area contributed by atoms with Crippen molar-refractivity contribution < 1.29 is 19.4 Å². The first-order chi connectivity index (χ1) is 11.0. The first-order valence-electron chi connectivity index (χ1n) is 7.88. The number of aliphatic carboxylic acids is 1. The van der Waals surface area contributed by atoms with Crippen LogP contribution in [0.1, 0.15) is 29.3 Å². The predicted octanol–water partition coefficient (Wildman–Crippen LogP) is 1.62. The van der Waals surface area contributed by atoms with Crippen molar-refractivity contribution in [2.24, 2.45) is 0 Å². The molecule has 1 aromatic rings. The normalized spacial score (nSPS) is 16.9. The summed E-state index contributed by atoms with van der Waals surface area (Å²) in [6.45, 7) is 6.05. The molecule has 0 saturated carbocycles. The number of methoxy groups -OCH3 is 1. The predicted molar refractivity (Wildman–Crippen MR) is 86.9 cm³/mol. The van der Waals surface area contributed by atoms with Crippen LogP contribution in [0.15, 0.2) is 18.2 Å². The van der Waals surface area contributed by atoms with Gasteiger partial charge in [0.1, 0.15) is 11.8 Å². The highest BCUT2D eigenvalue weighted by Gasteiger charge is 2.29. The zero-order chi connectivity index (χ0) is 17.0. The fourth-order valence-corrected chi connectivity index (χ4v) is 2.96. The molecule has 1 atom stereocenters. The minimum Gasteiger partial charge on any atom is -0.496 e. The Morgan fingerprint density at radius 1 is 1.26 bits per heavy atom. The third-order valence-corrected chi connectivity index (χ3v) is 4.37. The van der Waals surface area contributed by atoms with Crippen LogP contribution in [0, 0.1) is 6.92 Å². The number of nitrogens with zero attached hydrogens (tertiary/aromatic N) is 2.